The number of thioether (sulfide) groups is 1. The van der Waals surface area contributed by atoms with Gasteiger partial charge in [-0.25, -0.2) is 9.97 Å². The van der Waals surface area contributed by atoms with Crippen LogP contribution in [0.4, 0.5) is 0 Å². The first-order valence-electron chi connectivity index (χ1n) is 4.82. The molecule has 0 fully saturated rings. The number of unbranched alkanes of at least 4 members (excludes halogenated alkanes) is 1. The Morgan fingerprint density at radius 1 is 1.40 bits per heavy atom. The molecule has 1 heterocycles. The highest BCUT2D eigenvalue weighted by atomic mass is 32.2. The largest absolute Gasteiger partial charge is 0.481 e. The molecule has 5 heteroatoms. The second-order valence-corrected chi connectivity index (χ2v) is 4.30. The van der Waals surface area contributed by atoms with Crippen molar-refractivity contribution in [1.82, 2.24) is 9.97 Å². The van der Waals surface area contributed by atoms with Crippen LogP contribution in [0.5, 0.6) is 0 Å². The van der Waals surface area contributed by atoms with Gasteiger partial charge in [-0.15, -0.1) is 0 Å². The normalized spacial score (nSPS) is 10.2. The number of hydrogen-bond donors (Lipinski definition) is 1. The minimum absolute atomic E-state index is 0.245. The summed E-state index contributed by atoms with van der Waals surface area (Å²) < 4.78 is 0. The second-order valence-electron chi connectivity index (χ2n) is 3.24. The highest BCUT2D eigenvalue weighted by Crippen LogP contribution is 2.14. The number of nitrogens with zero attached hydrogens (tertiary/aromatic N) is 2. The lowest BCUT2D eigenvalue weighted by molar-refractivity contribution is -0.137. The van der Waals surface area contributed by atoms with Crippen molar-refractivity contribution in [1.29, 1.82) is 0 Å². The molecule has 1 rings (SSSR count). The van der Waals surface area contributed by atoms with Gasteiger partial charge in [0, 0.05) is 24.6 Å². The third-order valence-corrected chi connectivity index (χ3v) is 2.74. The number of rotatable bonds is 6. The molecule has 0 unspecified atom stereocenters. The summed E-state index contributed by atoms with van der Waals surface area (Å²) in [6.45, 7) is 1.95. The van der Waals surface area contributed by atoms with E-state index in [1.807, 2.05) is 6.92 Å². The highest BCUT2D eigenvalue weighted by Gasteiger charge is 1.99. The number of carbonyl (C=O) groups is 1. The fourth-order valence-electron chi connectivity index (χ4n) is 0.997. The Morgan fingerprint density at radius 2 is 2.07 bits per heavy atom. The predicted octanol–water partition coefficient (Wildman–Crippen LogP) is 2.13. The van der Waals surface area contributed by atoms with E-state index in [1.165, 1.54) is 0 Å². The summed E-state index contributed by atoms with van der Waals surface area (Å²) in [6, 6.07) is 0. The first-order valence-corrected chi connectivity index (χ1v) is 5.80. The average Bonchev–Trinajstić information content (AvgIpc) is 2.20. The summed E-state index contributed by atoms with van der Waals surface area (Å²) in [5.74, 6) is 0.141. The summed E-state index contributed by atoms with van der Waals surface area (Å²) in [5.41, 5.74) is 1.05. The van der Waals surface area contributed by atoms with Crippen LogP contribution in [0.2, 0.25) is 0 Å². The molecule has 0 aliphatic rings. The molecule has 0 aliphatic carbocycles. The third-order valence-electron chi connectivity index (χ3n) is 1.77. The van der Waals surface area contributed by atoms with Gasteiger partial charge >= 0.3 is 5.97 Å². The molecule has 15 heavy (non-hydrogen) atoms. The van der Waals surface area contributed by atoms with Gasteiger partial charge in [-0.1, -0.05) is 11.8 Å². The quantitative estimate of drug-likeness (QED) is 0.457. The Balaban J connectivity index is 2.15. The topological polar surface area (TPSA) is 63.1 Å². The first-order chi connectivity index (χ1) is 7.18. The van der Waals surface area contributed by atoms with E-state index in [0.29, 0.717) is 6.42 Å². The lowest BCUT2D eigenvalue weighted by Gasteiger charge is -1.99. The summed E-state index contributed by atoms with van der Waals surface area (Å²) in [7, 11) is 0. The van der Waals surface area contributed by atoms with Crippen LogP contribution < -0.4 is 0 Å². The zero-order chi connectivity index (χ0) is 11.1. The van der Waals surface area contributed by atoms with Gasteiger partial charge in [-0.2, -0.15) is 0 Å². The maximum absolute atomic E-state index is 10.2. The molecule has 0 saturated heterocycles. The molecule has 0 atom stereocenters. The summed E-state index contributed by atoms with van der Waals surface area (Å²) in [4.78, 5) is 18.5. The number of carboxylic acids is 1. The predicted molar refractivity (Wildman–Crippen MR) is 59.0 cm³/mol. The minimum Gasteiger partial charge on any atom is -0.481 e. The van der Waals surface area contributed by atoms with Gasteiger partial charge in [0.15, 0.2) is 5.16 Å². The molecule has 0 aliphatic heterocycles. The molecule has 0 aromatic carbocycles. The van der Waals surface area contributed by atoms with Gasteiger partial charge in [0.25, 0.3) is 0 Å². The molecule has 82 valence electrons. The van der Waals surface area contributed by atoms with E-state index in [9.17, 15) is 4.79 Å². The second kappa shape index (κ2) is 6.40. The summed E-state index contributed by atoms with van der Waals surface area (Å²) in [5, 5.41) is 9.19. The Kier molecular flexibility index (Phi) is 5.10. The lowest BCUT2D eigenvalue weighted by Crippen LogP contribution is -1.94. The van der Waals surface area contributed by atoms with Crippen molar-refractivity contribution in [2.24, 2.45) is 0 Å². The summed E-state index contributed by atoms with van der Waals surface area (Å²) in [6.07, 6.45) is 5.41. The van der Waals surface area contributed by atoms with Crippen molar-refractivity contribution in [2.75, 3.05) is 5.75 Å². The first kappa shape index (κ1) is 12.0. The van der Waals surface area contributed by atoms with Gasteiger partial charge in [-0.3, -0.25) is 4.79 Å². The van der Waals surface area contributed by atoms with E-state index in [0.717, 1.165) is 22.9 Å². The van der Waals surface area contributed by atoms with Crippen molar-refractivity contribution in [3.8, 4) is 0 Å². The van der Waals surface area contributed by atoms with Gasteiger partial charge in [-0.05, 0) is 25.3 Å². The van der Waals surface area contributed by atoms with Crippen LogP contribution in [0.25, 0.3) is 0 Å². The standard InChI is InChI=1S/C10H14N2O2S/c1-8-6-11-10(12-7-8)15-5-3-2-4-9(13)14/h6-7H,2-5H2,1H3,(H,13,14). The maximum atomic E-state index is 10.2. The van der Waals surface area contributed by atoms with Crippen LogP contribution in [0.1, 0.15) is 24.8 Å². The number of aliphatic carboxylic acids is 1. The smallest absolute Gasteiger partial charge is 0.303 e. The molecule has 0 radical (unpaired) electrons. The molecule has 0 amide bonds. The van der Waals surface area contributed by atoms with Crippen LogP contribution in [-0.2, 0) is 4.79 Å². The van der Waals surface area contributed by atoms with Crippen LogP contribution in [0.3, 0.4) is 0 Å². The van der Waals surface area contributed by atoms with Crippen molar-refractivity contribution < 1.29 is 9.90 Å². The fraction of sp³-hybridized carbons (Fsp3) is 0.500. The van der Waals surface area contributed by atoms with E-state index >= 15 is 0 Å². The molecular weight excluding hydrogens is 212 g/mol. The maximum Gasteiger partial charge on any atom is 0.303 e. The van der Waals surface area contributed by atoms with E-state index in [4.69, 9.17) is 5.11 Å². The monoisotopic (exact) mass is 226 g/mol. The van der Waals surface area contributed by atoms with Crippen molar-refractivity contribution in [2.45, 2.75) is 31.3 Å². The molecular formula is C10H14N2O2S. The average molecular weight is 226 g/mol. The fourth-order valence-corrected chi connectivity index (χ4v) is 1.78. The minimum atomic E-state index is -0.730. The Bertz CT molecular complexity index is 314. The molecule has 0 bridgehead atoms. The highest BCUT2D eigenvalue weighted by molar-refractivity contribution is 7.99. The molecule has 4 nitrogen and oxygen atoms in total. The molecule has 1 aromatic heterocycles. The van der Waals surface area contributed by atoms with E-state index in [1.54, 1.807) is 24.2 Å². The number of carboxylic acid groups (broad SMARTS) is 1. The van der Waals surface area contributed by atoms with Crippen molar-refractivity contribution in [3.63, 3.8) is 0 Å². The molecule has 0 spiro atoms. The van der Waals surface area contributed by atoms with Gasteiger partial charge < -0.3 is 5.11 Å². The molecule has 1 N–H and O–H groups in total. The number of hydrogen-bond acceptors (Lipinski definition) is 4. The summed E-state index contributed by atoms with van der Waals surface area (Å²) >= 11 is 1.57. The van der Waals surface area contributed by atoms with Gasteiger partial charge in [0.05, 0.1) is 0 Å². The van der Waals surface area contributed by atoms with E-state index in [2.05, 4.69) is 9.97 Å². The van der Waals surface area contributed by atoms with Crippen molar-refractivity contribution >= 4 is 17.7 Å². The van der Waals surface area contributed by atoms with E-state index < -0.39 is 5.97 Å². The van der Waals surface area contributed by atoms with Crippen LogP contribution >= 0.6 is 11.8 Å². The Labute approximate surface area is 93.1 Å². The Hall–Kier alpha value is -1.10. The zero-order valence-corrected chi connectivity index (χ0v) is 9.46. The van der Waals surface area contributed by atoms with Gasteiger partial charge in [0.2, 0.25) is 0 Å². The van der Waals surface area contributed by atoms with Crippen LogP contribution in [0.15, 0.2) is 17.6 Å². The van der Waals surface area contributed by atoms with Crippen LogP contribution in [0, 0.1) is 6.92 Å². The SMILES string of the molecule is Cc1cnc(SCCCCC(=O)O)nc1. The van der Waals surface area contributed by atoms with Crippen molar-refractivity contribution in [3.05, 3.63) is 18.0 Å². The molecule has 1 aromatic rings. The number of aryl methyl sites for hydroxylation is 1. The Morgan fingerprint density at radius 3 is 2.67 bits per heavy atom. The van der Waals surface area contributed by atoms with Crippen LogP contribution in [-0.4, -0.2) is 26.8 Å². The molecule has 0 saturated carbocycles. The zero-order valence-electron chi connectivity index (χ0n) is 8.64. The third kappa shape index (κ3) is 5.37. The van der Waals surface area contributed by atoms with Gasteiger partial charge in [0.1, 0.15) is 0 Å². The van der Waals surface area contributed by atoms with E-state index in [-0.39, 0.29) is 6.42 Å². The lowest BCUT2D eigenvalue weighted by atomic mass is 10.3. The number of aromatic nitrogens is 2.